The van der Waals surface area contributed by atoms with E-state index in [9.17, 15) is 18.0 Å². The number of nitrogens with two attached hydrogens (primary N) is 1. The number of benzene rings is 1. The quantitative estimate of drug-likeness (QED) is 0.244. The summed E-state index contributed by atoms with van der Waals surface area (Å²) in [5, 5.41) is 0.0137. The zero-order chi connectivity index (χ0) is 33.0. The van der Waals surface area contributed by atoms with E-state index in [-0.39, 0.29) is 59.4 Å². The number of carbonyl (C=O) groups excluding carboxylic acids is 1. The smallest absolute Gasteiger partial charge is 0.277 e. The van der Waals surface area contributed by atoms with Gasteiger partial charge in [0.1, 0.15) is 11.5 Å². The van der Waals surface area contributed by atoms with Gasteiger partial charge in [-0.3, -0.25) is 19.1 Å². The minimum absolute atomic E-state index is 0.0137. The van der Waals surface area contributed by atoms with Crippen molar-refractivity contribution in [1.82, 2.24) is 19.4 Å². The molecule has 0 spiro atoms. The Hall–Kier alpha value is -4.65. The highest BCUT2D eigenvalue weighted by Crippen LogP contribution is 2.38. The van der Waals surface area contributed by atoms with Crippen LogP contribution in [-0.4, -0.2) is 65.7 Å². The summed E-state index contributed by atoms with van der Waals surface area (Å²) in [5.74, 6) is -2.29. The molecule has 0 saturated carbocycles. The standard InChI is InChI=1S/C32H34F2N6O4S/c1-7-24(41)39-14-13-38(16-19(39)5)29-20-15-22(34)27(25-21(33)9-8-10-23(25)35)37-31(20)40(32(42)30(29)45(6,43)44)28-18(4)11-12-36-26(28)17(2)3/h7-12,15,17,19H,1,13-14,16,35H2,2-6H3/t19-/m1/s1. The Morgan fingerprint density at radius 1 is 1.16 bits per heavy atom. The predicted octanol–water partition coefficient (Wildman–Crippen LogP) is 4.37. The van der Waals surface area contributed by atoms with Crippen molar-refractivity contribution < 1.29 is 22.0 Å². The fraction of sp³-hybridized carbons (Fsp3) is 0.312. The van der Waals surface area contributed by atoms with Crippen LogP contribution in [-0.2, 0) is 14.6 Å². The molecule has 1 aliphatic heterocycles. The molecule has 236 valence electrons. The molecule has 4 aromatic rings. The SMILES string of the molecule is C=CC(=O)N1CCN(c2c(S(C)(=O)=O)c(=O)n(-c3c(C)ccnc3C(C)C)c3nc(-c4c(N)cccc4F)c(F)cc23)C[C@H]1C. The Labute approximate surface area is 259 Å². The van der Waals surface area contributed by atoms with Crippen LogP contribution in [0.5, 0.6) is 0 Å². The molecule has 1 fully saturated rings. The molecule has 10 nitrogen and oxygen atoms in total. The first-order valence-corrected chi connectivity index (χ1v) is 16.2. The van der Waals surface area contributed by atoms with Crippen molar-refractivity contribution in [3.8, 4) is 16.9 Å². The van der Waals surface area contributed by atoms with Gasteiger partial charge in [-0.25, -0.2) is 22.2 Å². The monoisotopic (exact) mass is 636 g/mol. The van der Waals surface area contributed by atoms with Crippen LogP contribution >= 0.6 is 0 Å². The first-order valence-electron chi connectivity index (χ1n) is 14.3. The summed E-state index contributed by atoms with van der Waals surface area (Å²) in [7, 11) is -4.24. The molecule has 2 N–H and O–H groups in total. The molecule has 1 saturated heterocycles. The molecule has 13 heteroatoms. The van der Waals surface area contributed by atoms with Gasteiger partial charge in [0.05, 0.1) is 22.6 Å². The van der Waals surface area contributed by atoms with Crippen molar-refractivity contribution in [2.75, 3.05) is 36.5 Å². The number of nitrogen functional groups attached to an aromatic ring is 1. The number of sulfone groups is 1. The zero-order valence-corrected chi connectivity index (χ0v) is 26.5. The molecule has 1 aromatic carbocycles. The second-order valence-corrected chi connectivity index (χ2v) is 13.5. The Kier molecular flexibility index (Phi) is 8.25. The van der Waals surface area contributed by atoms with Crippen LogP contribution in [0.3, 0.4) is 0 Å². The maximum Gasteiger partial charge on any atom is 0.277 e. The van der Waals surface area contributed by atoms with Crippen LogP contribution in [0.4, 0.5) is 20.2 Å². The molecule has 3 aromatic heterocycles. The first-order chi connectivity index (χ1) is 21.2. The maximum absolute atomic E-state index is 16.1. The van der Waals surface area contributed by atoms with E-state index in [1.807, 2.05) is 13.8 Å². The van der Waals surface area contributed by atoms with Crippen molar-refractivity contribution >= 4 is 38.2 Å². The lowest BCUT2D eigenvalue weighted by molar-refractivity contribution is -0.128. The molecular weight excluding hydrogens is 602 g/mol. The number of halogens is 2. The van der Waals surface area contributed by atoms with E-state index in [1.54, 1.807) is 35.9 Å². The molecule has 5 rings (SSSR count). The maximum atomic E-state index is 16.1. The molecule has 1 atom stereocenters. The summed E-state index contributed by atoms with van der Waals surface area (Å²) >= 11 is 0. The number of hydrogen-bond acceptors (Lipinski definition) is 8. The molecule has 1 aliphatic rings. The van der Waals surface area contributed by atoms with Gasteiger partial charge < -0.3 is 15.5 Å². The van der Waals surface area contributed by atoms with Gasteiger partial charge in [0.15, 0.2) is 26.2 Å². The second-order valence-electron chi connectivity index (χ2n) is 11.5. The van der Waals surface area contributed by atoms with Crippen LogP contribution in [0, 0.1) is 18.6 Å². The Balaban J connectivity index is 1.97. The van der Waals surface area contributed by atoms with E-state index < -0.39 is 43.7 Å². The molecule has 0 bridgehead atoms. The van der Waals surface area contributed by atoms with Gasteiger partial charge in [0, 0.05) is 49.2 Å². The number of aryl methyl sites for hydroxylation is 1. The number of amides is 1. The highest BCUT2D eigenvalue weighted by Gasteiger charge is 2.35. The molecule has 4 heterocycles. The van der Waals surface area contributed by atoms with E-state index >= 15 is 8.78 Å². The number of carbonyl (C=O) groups is 1. The summed E-state index contributed by atoms with van der Waals surface area (Å²) in [6, 6.07) is 6.24. The largest absolute Gasteiger partial charge is 0.398 e. The average Bonchev–Trinajstić information content (AvgIpc) is 2.96. The number of pyridine rings is 3. The van der Waals surface area contributed by atoms with Crippen molar-refractivity contribution in [2.45, 2.75) is 44.6 Å². The lowest BCUT2D eigenvalue weighted by atomic mass is 10.0. The lowest BCUT2D eigenvalue weighted by Crippen LogP contribution is -2.54. The van der Waals surface area contributed by atoms with Crippen molar-refractivity contribution in [3.05, 3.63) is 82.4 Å². The molecule has 0 unspecified atom stereocenters. The summed E-state index contributed by atoms with van der Waals surface area (Å²) < 4.78 is 59.4. The second kappa shape index (κ2) is 11.7. The predicted molar refractivity (Wildman–Crippen MR) is 170 cm³/mol. The number of aromatic nitrogens is 3. The van der Waals surface area contributed by atoms with Crippen molar-refractivity contribution in [2.24, 2.45) is 0 Å². The number of piperazine rings is 1. The summed E-state index contributed by atoms with van der Waals surface area (Å²) in [6.07, 6.45) is 3.70. The third kappa shape index (κ3) is 5.45. The number of anilines is 2. The van der Waals surface area contributed by atoms with E-state index in [2.05, 4.69) is 16.5 Å². The Morgan fingerprint density at radius 3 is 2.47 bits per heavy atom. The highest BCUT2D eigenvalue weighted by atomic mass is 32.2. The van der Waals surface area contributed by atoms with Gasteiger partial charge in [0.2, 0.25) is 5.91 Å². The normalized spacial score (nSPS) is 15.6. The number of hydrogen-bond donors (Lipinski definition) is 1. The number of nitrogens with zero attached hydrogens (tertiary/aromatic N) is 5. The highest BCUT2D eigenvalue weighted by molar-refractivity contribution is 7.90. The van der Waals surface area contributed by atoms with Gasteiger partial charge in [0.25, 0.3) is 5.56 Å². The zero-order valence-electron chi connectivity index (χ0n) is 25.6. The van der Waals surface area contributed by atoms with Crippen LogP contribution < -0.4 is 16.2 Å². The third-order valence-corrected chi connectivity index (χ3v) is 9.12. The van der Waals surface area contributed by atoms with Gasteiger partial charge in [-0.05, 0) is 55.7 Å². The third-order valence-electron chi connectivity index (χ3n) is 8.01. The fourth-order valence-corrected chi connectivity index (χ4v) is 6.96. The summed E-state index contributed by atoms with van der Waals surface area (Å²) in [4.78, 5) is 38.8. The van der Waals surface area contributed by atoms with Crippen LogP contribution in [0.1, 0.15) is 37.9 Å². The molecule has 1 amide bonds. The lowest BCUT2D eigenvalue weighted by Gasteiger charge is -2.41. The molecular formula is C32H34F2N6O4S. The van der Waals surface area contributed by atoms with E-state index in [0.717, 1.165) is 23.0 Å². The minimum Gasteiger partial charge on any atom is -0.398 e. The first kappa shape index (κ1) is 31.8. The van der Waals surface area contributed by atoms with Crippen LogP contribution in [0.25, 0.3) is 28.0 Å². The fourth-order valence-electron chi connectivity index (χ4n) is 5.96. The Bertz CT molecular complexity index is 2020. The van der Waals surface area contributed by atoms with Gasteiger partial charge in [-0.2, -0.15) is 0 Å². The van der Waals surface area contributed by atoms with Crippen molar-refractivity contribution in [1.29, 1.82) is 0 Å². The Morgan fingerprint density at radius 2 is 1.87 bits per heavy atom. The van der Waals surface area contributed by atoms with Crippen LogP contribution in [0.2, 0.25) is 0 Å². The van der Waals surface area contributed by atoms with E-state index in [4.69, 9.17) is 5.73 Å². The summed E-state index contributed by atoms with van der Waals surface area (Å²) in [5.41, 5.74) is 5.58. The molecule has 45 heavy (non-hydrogen) atoms. The van der Waals surface area contributed by atoms with E-state index in [1.165, 1.54) is 18.2 Å². The van der Waals surface area contributed by atoms with Gasteiger partial charge >= 0.3 is 0 Å². The van der Waals surface area contributed by atoms with Gasteiger partial charge in [-0.15, -0.1) is 0 Å². The number of rotatable bonds is 6. The minimum atomic E-state index is -4.24. The topological polar surface area (TPSA) is 131 Å². The molecule has 0 aliphatic carbocycles. The summed E-state index contributed by atoms with van der Waals surface area (Å²) in [6.45, 7) is 11.3. The number of fused-ring (bicyclic) bond motifs is 1. The van der Waals surface area contributed by atoms with Crippen molar-refractivity contribution in [3.63, 3.8) is 0 Å². The average molecular weight is 637 g/mol. The van der Waals surface area contributed by atoms with Crippen LogP contribution in [0.15, 0.2) is 58.9 Å². The van der Waals surface area contributed by atoms with E-state index in [0.29, 0.717) is 16.9 Å². The van der Waals surface area contributed by atoms with Gasteiger partial charge in [-0.1, -0.05) is 26.5 Å². The molecule has 0 radical (unpaired) electrons.